The van der Waals surface area contributed by atoms with Gasteiger partial charge in [0.25, 0.3) is 0 Å². The number of halogens is 3. The average Bonchev–Trinajstić information content (AvgIpc) is 3.27. The molecule has 0 atom stereocenters. The van der Waals surface area contributed by atoms with Gasteiger partial charge in [0.1, 0.15) is 5.76 Å². The van der Waals surface area contributed by atoms with Crippen molar-refractivity contribution in [2.45, 2.75) is 26.2 Å². The molecule has 0 unspecified atom stereocenters. The molecule has 32 heavy (non-hydrogen) atoms. The van der Waals surface area contributed by atoms with Gasteiger partial charge in [0.2, 0.25) is 0 Å². The Kier molecular flexibility index (Phi) is 7.19. The fourth-order valence-electron chi connectivity index (χ4n) is 2.92. The van der Waals surface area contributed by atoms with Crippen molar-refractivity contribution in [1.29, 1.82) is 0 Å². The quantitative estimate of drug-likeness (QED) is 0.472. The van der Waals surface area contributed by atoms with Gasteiger partial charge in [0, 0.05) is 12.2 Å². The number of benzene rings is 2. The molecule has 3 aromatic rings. The maximum atomic E-state index is 12.9. The highest BCUT2D eigenvalue weighted by molar-refractivity contribution is 5.92. The van der Waals surface area contributed by atoms with E-state index in [9.17, 15) is 22.8 Å². The summed E-state index contributed by atoms with van der Waals surface area (Å²) in [5, 5.41) is 2.72. The van der Waals surface area contributed by atoms with E-state index in [0.717, 1.165) is 12.1 Å². The zero-order chi connectivity index (χ0) is 23.1. The molecule has 1 aromatic heterocycles. The molecule has 6 nitrogen and oxygen atoms in total. The SMILES string of the molecule is CCOC(=O)c1ccc(NC(=O)N(Cc2ccc(C(F)(F)F)cc2)Cc2ccco2)cc1. The molecule has 0 saturated heterocycles. The minimum atomic E-state index is -4.43. The van der Waals surface area contributed by atoms with Gasteiger partial charge in [-0.1, -0.05) is 12.1 Å². The Balaban J connectivity index is 1.73. The lowest BCUT2D eigenvalue weighted by Crippen LogP contribution is -2.34. The lowest BCUT2D eigenvalue weighted by atomic mass is 10.1. The van der Waals surface area contributed by atoms with E-state index in [1.54, 1.807) is 31.2 Å². The average molecular weight is 446 g/mol. The molecule has 2 amide bonds. The molecule has 0 aliphatic heterocycles. The first-order valence-electron chi connectivity index (χ1n) is 9.78. The van der Waals surface area contributed by atoms with Gasteiger partial charge in [-0.25, -0.2) is 9.59 Å². The summed E-state index contributed by atoms with van der Waals surface area (Å²) in [5.74, 6) is 0.0526. The number of hydrogen-bond donors (Lipinski definition) is 1. The van der Waals surface area contributed by atoms with Crippen molar-refractivity contribution in [2.75, 3.05) is 11.9 Å². The number of rotatable bonds is 7. The third-order valence-electron chi connectivity index (χ3n) is 4.52. The van der Waals surface area contributed by atoms with Gasteiger partial charge in [-0.3, -0.25) is 0 Å². The molecule has 0 saturated carbocycles. The minimum absolute atomic E-state index is 0.0611. The van der Waals surface area contributed by atoms with Crippen molar-refractivity contribution in [3.63, 3.8) is 0 Å². The number of nitrogens with zero attached hydrogens (tertiary/aromatic N) is 1. The number of ether oxygens (including phenoxy) is 1. The number of nitrogens with one attached hydrogen (secondary N) is 1. The van der Waals surface area contributed by atoms with Crippen LogP contribution in [0.1, 0.15) is 34.2 Å². The number of alkyl halides is 3. The third kappa shape index (κ3) is 6.13. The Morgan fingerprint density at radius 2 is 1.69 bits per heavy atom. The second kappa shape index (κ2) is 10.0. The summed E-state index contributed by atoms with van der Waals surface area (Å²) in [7, 11) is 0. The molecule has 0 bridgehead atoms. The van der Waals surface area contributed by atoms with E-state index in [1.165, 1.54) is 35.4 Å². The number of amides is 2. The second-order valence-corrected chi connectivity index (χ2v) is 6.86. The largest absolute Gasteiger partial charge is 0.467 e. The number of hydrogen-bond acceptors (Lipinski definition) is 4. The van der Waals surface area contributed by atoms with E-state index in [2.05, 4.69) is 5.32 Å². The molecule has 1 heterocycles. The molecule has 1 N–H and O–H groups in total. The minimum Gasteiger partial charge on any atom is -0.467 e. The fourth-order valence-corrected chi connectivity index (χ4v) is 2.92. The standard InChI is InChI=1S/C23H21F3N2O4/c1-2-31-21(29)17-7-11-19(12-8-17)27-22(30)28(15-20-4-3-13-32-20)14-16-5-9-18(10-6-16)23(24,25)26/h3-13H,2,14-15H2,1H3,(H,27,30). The lowest BCUT2D eigenvalue weighted by molar-refractivity contribution is -0.137. The molecule has 0 aliphatic carbocycles. The molecule has 0 fully saturated rings. The predicted octanol–water partition coefficient (Wildman–Crippen LogP) is 5.71. The number of urea groups is 1. The maximum Gasteiger partial charge on any atom is 0.416 e. The Morgan fingerprint density at radius 3 is 2.25 bits per heavy atom. The van der Waals surface area contributed by atoms with Gasteiger partial charge in [0.15, 0.2) is 0 Å². The van der Waals surface area contributed by atoms with E-state index in [-0.39, 0.29) is 19.7 Å². The molecule has 168 valence electrons. The van der Waals surface area contributed by atoms with E-state index < -0.39 is 23.7 Å². The molecular formula is C23H21F3N2O4. The lowest BCUT2D eigenvalue weighted by Gasteiger charge is -2.22. The van der Waals surface area contributed by atoms with Crippen LogP contribution < -0.4 is 5.32 Å². The van der Waals surface area contributed by atoms with Crippen molar-refractivity contribution in [3.05, 3.63) is 89.4 Å². The van der Waals surface area contributed by atoms with Crippen LogP contribution in [-0.4, -0.2) is 23.5 Å². The van der Waals surface area contributed by atoms with E-state index >= 15 is 0 Å². The molecular weight excluding hydrogens is 425 g/mol. The molecule has 9 heteroatoms. The van der Waals surface area contributed by atoms with Crippen LogP contribution in [0.2, 0.25) is 0 Å². The van der Waals surface area contributed by atoms with Gasteiger partial charge in [-0.05, 0) is 61.0 Å². The van der Waals surface area contributed by atoms with E-state index in [1.807, 2.05) is 0 Å². The van der Waals surface area contributed by atoms with Gasteiger partial charge >= 0.3 is 18.2 Å². The number of carbonyl (C=O) groups is 2. The fraction of sp³-hybridized carbons (Fsp3) is 0.217. The first kappa shape index (κ1) is 22.9. The summed E-state index contributed by atoms with van der Waals surface area (Å²) in [6.07, 6.45) is -2.96. The van der Waals surface area contributed by atoms with Crippen LogP contribution in [-0.2, 0) is 24.0 Å². The second-order valence-electron chi connectivity index (χ2n) is 6.86. The Labute approximate surface area is 182 Å². The van der Waals surface area contributed by atoms with Crippen molar-refractivity contribution < 1.29 is 31.9 Å². The highest BCUT2D eigenvalue weighted by Crippen LogP contribution is 2.29. The summed E-state index contributed by atoms with van der Waals surface area (Å²) in [6, 6.07) is 13.7. The number of furan rings is 1. The van der Waals surface area contributed by atoms with Crippen LogP contribution in [0.5, 0.6) is 0 Å². The van der Waals surface area contributed by atoms with Gasteiger partial charge < -0.3 is 19.4 Å². The Bertz CT molecular complexity index is 1030. The van der Waals surface area contributed by atoms with Crippen LogP contribution in [0.3, 0.4) is 0 Å². The van der Waals surface area contributed by atoms with Crippen LogP contribution in [0, 0.1) is 0 Å². The van der Waals surface area contributed by atoms with Crippen LogP contribution in [0.25, 0.3) is 0 Å². The zero-order valence-electron chi connectivity index (χ0n) is 17.2. The zero-order valence-corrected chi connectivity index (χ0v) is 17.2. The topological polar surface area (TPSA) is 71.8 Å². The first-order chi connectivity index (χ1) is 15.3. The number of anilines is 1. The highest BCUT2D eigenvalue weighted by Gasteiger charge is 2.30. The maximum absolute atomic E-state index is 12.9. The number of esters is 1. The smallest absolute Gasteiger partial charge is 0.416 e. The molecule has 0 spiro atoms. The third-order valence-corrected chi connectivity index (χ3v) is 4.52. The highest BCUT2D eigenvalue weighted by atomic mass is 19.4. The summed E-state index contributed by atoms with van der Waals surface area (Å²) in [4.78, 5) is 26.1. The molecule has 0 aliphatic rings. The summed E-state index contributed by atoms with van der Waals surface area (Å²) < 4.78 is 48.7. The van der Waals surface area contributed by atoms with Crippen molar-refractivity contribution in [1.82, 2.24) is 4.90 Å². The van der Waals surface area contributed by atoms with E-state index in [4.69, 9.17) is 9.15 Å². The van der Waals surface area contributed by atoms with Crippen molar-refractivity contribution in [3.8, 4) is 0 Å². The van der Waals surface area contributed by atoms with Gasteiger partial charge in [-0.2, -0.15) is 13.2 Å². The van der Waals surface area contributed by atoms with Crippen LogP contribution >= 0.6 is 0 Å². The van der Waals surface area contributed by atoms with Crippen molar-refractivity contribution in [2.24, 2.45) is 0 Å². The molecule has 0 radical (unpaired) electrons. The number of carbonyl (C=O) groups excluding carboxylic acids is 2. The molecule has 2 aromatic carbocycles. The summed E-state index contributed by atoms with van der Waals surface area (Å²) in [5.41, 5.74) is 0.560. The predicted molar refractivity (Wildman–Crippen MR) is 111 cm³/mol. The van der Waals surface area contributed by atoms with Gasteiger partial charge in [-0.15, -0.1) is 0 Å². The summed E-state index contributed by atoms with van der Waals surface area (Å²) >= 11 is 0. The van der Waals surface area contributed by atoms with Crippen LogP contribution in [0.15, 0.2) is 71.3 Å². The normalized spacial score (nSPS) is 11.1. The first-order valence-corrected chi connectivity index (χ1v) is 9.78. The van der Waals surface area contributed by atoms with Gasteiger partial charge in [0.05, 0.1) is 30.5 Å². The Hall–Kier alpha value is -3.75. The summed E-state index contributed by atoms with van der Waals surface area (Å²) in [6.45, 7) is 2.13. The molecule has 3 rings (SSSR count). The monoisotopic (exact) mass is 446 g/mol. The van der Waals surface area contributed by atoms with Crippen LogP contribution in [0.4, 0.5) is 23.7 Å². The van der Waals surface area contributed by atoms with E-state index in [0.29, 0.717) is 22.6 Å². The van der Waals surface area contributed by atoms with Crippen molar-refractivity contribution >= 4 is 17.7 Å². The Morgan fingerprint density at radius 1 is 1.00 bits per heavy atom.